The molecule has 0 fully saturated rings. The Kier molecular flexibility index (Phi) is 6.02. The number of imidazole rings is 1. The van der Waals surface area contributed by atoms with Crippen LogP contribution in [0.4, 0.5) is 5.82 Å². The first-order valence-electron chi connectivity index (χ1n) is 7.63. The maximum atomic E-state index is 8.85. The van der Waals surface area contributed by atoms with E-state index < -0.39 is 0 Å². The normalized spacial score (nSPS) is 11.7. The van der Waals surface area contributed by atoms with E-state index in [1.54, 1.807) is 11.3 Å². The second-order valence-corrected chi connectivity index (χ2v) is 6.55. The predicted molar refractivity (Wildman–Crippen MR) is 89.3 cm³/mol. The fraction of sp³-hybridized carbons (Fsp3) is 0.667. The van der Waals surface area contributed by atoms with Crippen molar-refractivity contribution in [2.75, 3.05) is 25.1 Å². The fourth-order valence-corrected chi connectivity index (χ4v) is 3.06. The predicted octanol–water partition coefficient (Wildman–Crippen LogP) is 2.49. The van der Waals surface area contributed by atoms with Crippen LogP contribution in [0.3, 0.4) is 0 Å². The van der Waals surface area contributed by atoms with Gasteiger partial charge in [-0.2, -0.15) is 0 Å². The lowest BCUT2D eigenvalue weighted by atomic mass is 10.2. The Labute approximate surface area is 130 Å². The van der Waals surface area contributed by atoms with E-state index in [1.807, 2.05) is 0 Å². The average Bonchev–Trinajstić information content (AvgIpc) is 3.01. The first-order valence-corrected chi connectivity index (χ1v) is 8.51. The lowest BCUT2D eigenvalue weighted by molar-refractivity contribution is 0.283. The smallest absolute Gasteiger partial charge is 0.195 e. The van der Waals surface area contributed by atoms with E-state index in [4.69, 9.17) is 10.1 Å². The molecular formula is C15H26N4OS. The van der Waals surface area contributed by atoms with Gasteiger partial charge in [0.25, 0.3) is 0 Å². The van der Waals surface area contributed by atoms with Crippen LogP contribution in [0, 0.1) is 0 Å². The molecule has 0 saturated heterocycles. The van der Waals surface area contributed by atoms with Crippen LogP contribution in [0.25, 0.3) is 4.96 Å². The Morgan fingerprint density at radius 3 is 2.90 bits per heavy atom. The molecule has 0 bridgehead atoms. The highest BCUT2D eigenvalue weighted by Crippen LogP contribution is 2.24. The number of nitrogens with zero attached hydrogens (tertiary/aromatic N) is 3. The molecule has 0 aliphatic rings. The number of hydrogen-bond donors (Lipinski definition) is 2. The molecule has 2 heterocycles. The number of anilines is 1. The zero-order chi connectivity index (χ0) is 15.2. The maximum absolute atomic E-state index is 8.85. The molecule has 0 aliphatic heterocycles. The van der Waals surface area contributed by atoms with Crippen molar-refractivity contribution in [2.45, 2.75) is 45.7 Å². The minimum Gasteiger partial charge on any atom is -0.396 e. The van der Waals surface area contributed by atoms with E-state index in [0.29, 0.717) is 6.04 Å². The van der Waals surface area contributed by atoms with Gasteiger partial charge in [-0.15, -0.1) is 11.3 Å². The summed E-state index contributed by atoms with van der Waals surface area (Å²) in [4.78, 5) is 8.05. The van der Waals surface area contributed by atoms with Crippen LogP contribution in [0.15, 0.2) is 11.6 Å². The Morgan fingerprint density at radius 1 is 1.38 bits per heavy atom. The molecule has 2 aromatic rings. The van der Waals surface area contributed by atoms with E-state index in [1.165, 1.54) is 5.69 Å². The third kappa shape index (κ3) is 4.18. The van der Waals surface area contributed by atoms with E-state index in [0.717, 1.165) is 43.1 Å². The zero-order valence-corrected chi connectivity index (χ0v) is 14.0. The van der Waals surface area contributed by atoms with Gasteiger partial charge in [0.2, 0.25) is 0 Å². The molecule has 0 aromatic carbocycles. The minimum atomic E-state index is 0.285. The summed E-state index contributed by atoms with van der Waals surface area (Å²) in [7, 11) is 2.10. The molecule has 0 spiro atoms. The molecular weight excluding hydrogens is 284 g/mol. The van der Waals surface area contributed by atoms with Gasteiger partial charge in [0, 0.05) is 44.4 Å². The number of unbranched alkanes of at least 4 members (excludes halogenated alkanes) is 2. The molecule has 5 nitrogen and oxygen atoms in total. The van der Waals surface area contributed by atoms with E-state index >= 15 is 0 Å². The zero-order valence-electron chi connectivity index (χ0n) is 13.2. The highest BCUT2D eigenvalue weighted by atomic mass is 32.1. The summed E-state index contributed by atoms with van der Waals surface area (Å²) < 4.78 is 2.18. The van der Waals surface area contributed by atoms with Crippen LogP contribution in [0.2, 0.25) is 0 Å². The van der Waals surface area contributed by atoms with E-state index in [9.17, 15) is 0 Å². The number of fused-ring (bicyclic) bond motifs is 1. The van der Waals surface area contributed by atoms with Crippen molar-refractivity contribution in [3.8, 4) is 0 Å². The van der Waals surface area contributed by atoms with Crippen molar-refractivity contribution >= 4 is 22.1 Å². The third-order valence-corrected chi connectivity index (χ3v) is 4.29. The highest BCUT2D eigenvalue weighted by Gasteiger charge is 2.16. The van der Waals surface area contributed by atoms with Crippen LogP contribution < -0.4 is 10.2 Å². The highest BCUT2D eigenvalue weighted by molar-refractivity contribution is 7.15. The number of hydrogen-bond acceptors (Lipinski definition) is 5. The lowest BCUT2D eigenvalue weighted by Crippen LogP contribution is -2.26. The molecule has 6 heteroatoms. The van der Waals surface area contributed by atoms with Crippen molar-refractivity contribution < 1.29 is 5.11 Å². The van der Waals surface area contributed by atoms with E-state index in [-0.39, 0.29) is 6.61 Å². The molecule has 0 aliphatic carbocycles. The van der Waals surface area contributed by atoms with Crippen LogP contribution in [0.1, 0.15) is 38.8 Å². The molecule has 21 heavy (non-hydrogen) atoms. The summed E-state index contributed by atoms with van der Waals surface area (Å²) in [5, 5.41) is 14.4. The number of rotatable bonds is 9. The van der Waals surface area contributed by atoms with E-state index in [2.05, 4.69) is 47.1 Å². The maximum Gasteiger partial charge on any atom is 0.195 e. The number of aliphatic hydroxyl groups excluding tert-OH is 1. The van der Waals surface area contributed by atoms with Gasteiger partial charge in [-0.05, 0) is 19.3 Å². The number of aliphatic hydroxyl groups is 1. The summed E-state index contributed by atoms with van der Waals surface area (Å²) in [5.74, 6) is 1.07. The summed E-state index contributed by atoms with van der Waals surface area (Å²) >= 11 is 1.67. The van der Waals surface area contributed by atoms with Gasteiger partial charge in [0.05, 0.1) is 5.69 Å². The molecule has 2 rings (SSSR count). The van der Waals surface area contributed by atoms with Crippen LogP contribution >= 0.6 is 11.3 Å². The van der Waals surface area contributed by atoms with Gasteiger partial charge in [-0.1, -0.05) is 13.8 Å². The van der Waals surface area contributed by atoms with Crippen LogP contribution in [0.5, 0.6) is 0 Å². The monoisotopic (exact) mass is 310 g/mol. The standard InChI is InChI=1S/C15H26N4OS/c1-12(2)16-11-13-14(17-15-19(13)8-10-21-15)18(3)7-5-4-6-9-20/h8,10,12,16,20H,4-7,9,11H2,1-3H3. The van der Waals surface area contributed by atoms with Gasteiger partial charge in [0.15, 0.2) is 10.8 Å². The molecule has 0 atom stereocenters. The van der Waals surface area contributed by atoms with Crippen molar-refractivity contribution in [3.05, 3.63) is 17.3 Å². The second-order valence-electron chi connectivity index (χ2n) is 5.68. The molecule has 118 valence electrons. The molecule has 0 unspecified atom stereocenters. The quantitative estimate of drug-likeness (QED) is 0.699. The van der Waals surface area contributed by atoms with Crippen molar-refractivity contribution in [2.24, 2.45) is 0 Å². The molecule has 0 amide bonds. The Bertz CT molecular complexity index is 549. The van der Waals surface area contributed by atoms with Gasteiger partial charge in [-0.3, -0.25) is 4.40 Å². The SMILES string of the molecule is CC(C)NCc1c(N(C)CCCCCO)nc2sccn12. The summed E-state index contributed by atoms with van der Waals surface area (Å²) in [6, 6.07) is 0.455. The van der Waals surface area contributed by atoms with Crippen molar-refractivity contribution in [1.29, 1.82) is 0 Å². The van der Waals surface area contributed by atoms with Crippen molar-refractivity contribution in [1.82, 2.24) is 14.7 Å². The van der Waals surface area contributed by atoms with Gasteiger partial charge in [0.1, 0.15) is 0 Å². The summed E-state index contributed by atoms with van der Waals surface area (Å²) in [5.41, 5.74) is 1.23. The molecule has 0 radical (unpaired) electrons. The Balaban J connectivity index is 2.09. The minimum absolute atomic E-state index is 0.285. The summed E-state index contributed by atoms with van der Waals surface area (Å²) in [6.45, 7) is 6.40. The first kappa shape index (κ1) is 16.3. The Hall–Kier alpha value is -1.11. The summed E-state index contributed by atoms with van der Waals surface area (Å²) in [6.07, 6.45) is 5.11. The van der Waals surface area contributed by atoms with Crippen LogP contribution in [-0.2, 0) is 6.54 Å². The first-order chi connectivity index (χ1) is 10.1. The van der Waals surface area contributed by atoms with Crippen molar-refractivity contribution in [3.63, 3.8) is 0 Å². The molecule has 2 N–H and O–H groups in total. The van der Waals surface area contributed by atoms with Gasteiger partial charge in [-0.25, -0.2) is 4.98 Å². The lowest BCUT2D eigenvalue weighted by Gasteiger charge is -2.19. The Morgan fingerprint density at radius 2 is 2.19 bits per heavy atom. The number of nitrogens with one attached hydrogen (secondary N) is 1. The fourth-order valence-electron chi connectivity index (χ4n) is 2.34. The number of aromatic nitrogens is 2. The molecule has 0 saturated carbocycles. The van der Waals surface area contributed by atoms with Gasteiger partial charge < -0.3 is 15.3 Å². The molecule has 2 aromatic heterocycles. The third-order valence-electron chi connectivity index (χ3n) is 3.53. The topological polar surface area (TPSA) is 52.8 Å². The number of thiazole rings is 1. The van der Waals surface area contributed by atoms with Crippen LogP contribution in [-0.4, -0.2) is 40.7 Å². The van der Waals surface area contributed by atoms with Gasteiger partial charge >= 0.3 is 0 Å². The average molecular weight is 310 g/mol. The second kappa shape index (κ2) is 7.77. The largest absolute Gasteiger partial charge is 0.396 e.